The van der Waals surface area contributed by atoms with E-state index in [9.17, 15) is 14.0 Å². The zero-order valence-electron chi connectivity index (χ0n) is 18.4. The number of carbonyl (C=O) groups excluding carboxylic acids is 2. The summed E-state index contributed by atoms with van der Waals surface area (Å²) in [6.45, 7) is 2.88. The van der Waals surface area contributed by atoms with Crippen molar-refractivity contribution in [1.29, 1.82) is 0 Å². The first-order valence-corrected chi connectivity index (χ1v) is 10.3. The van der Waals surface area contributed by atoms with Gasteiger partial charge in [-0.15, -0.1) is 0 Å². The predicted octanol–water partition coefficient (Wildman–Crippen LogP) is 4.47. The summed E-state index contributed by atoms with van der Waals surface area (Å²) in [5.41, 5.74) is 3.15. The third-order valence-electron chi connectivity index (χ3n) is 4.82. The number of nitrogens with one attached hydrogen (secondary N) is 2. The fraction of sp³-hybridized carbons (Fsp3) is 0.250. The molecule has 0 bridgehead atoms. The van der Waals surface area contributed by atoms with Crippen LogP contribution in [0.15, 0.2) is 65.3 Å². The van der Waals surface area contributed by atoms with E-state index in [0.29, 0.717) is 12.2 Å². The summed E-state index contributed by atoms with van der Waals surface area (Å²) in [6, 6.07) is 14.6. The first-order chi connectivity index (χ1) is 15.4. The fourth-order valence-electron chi connectivity index (χ4n) is 3.33. The Bertz CT molecular complexity index is 1050. The number of benzene rings is 2. The smallest absolute Gasteiger partial charge is 0.319 e. The van der Waals surface area contributed by atoms with Crippen LogP contribution in [0.25, 0.3) is 0 Å². The first kappa shape index (κ1) is 22.9. The topological polar surface area (TPSA) is 77.8 Å². The van der Waals surface area contributed by atoms with Crippen molar-refractivity contribution < 1.29 is 18.4 Å². The van der Waals surface area contributed by atoms with Gasteiger partial charge in [0.05, 0.1) is 6.26 Å². The van der Waals surface area contributed by atoms with E-state index in [4.69, 9.17) is 4.42 Å². The van der Waals surface area contributed by atoms with Gasteiger partial charge in [0.2, 0.25) is 0 Å². The van der Waals surface area contributed by atoms with Crippen molar-refractivity contribution in [1.82, 2.24) is 10.2 Å². The minimum atomic E-state index is -0.336. The summed E-state index contributed by atoms with van der Waals surface area (Å²) in [5.74, 6) is -0.405. The molecule has 0 aliphatic carbocycles. The first-order valence-electron chi connectivity index (χ1n) is 10.3. The SMILES string of the molecule is CCNC(=O)Nc1ccc(N(C)C)c(CN(Cc2ccc(F)cc2)C(=O)c2ccco2)c1. The lowest BCUT2D eigenvalue weighted by atomic mass is 10.1. The highest BCUT2D eigenvalue weighted by atomic mass is 19.1. The molecule has 168 valence electrons. The third-order valence-corrected chi connectivity index (χ3v) is 4.82. The van der Waals surface area contributed by atoms with E-state index >= 15 is 0 Å². The van der Waals surface area contributed by atoms with Crippen LogP contribution in [0, 0.1) is 5.82 Å². The number of rotatable bonds is 8. The maximum atomic E-state index is 13.4. The number of hydrogen-bond acceptors (Lipinski definition) is 4. The van der Waals surface area contributed by atoms with Gasteiger partial charge in [-0.1, -0.05) is 12.1 Å². The normalized spacial score (nSPS) is 10.5. The highest BCUT2D eigenvalue weighted by molar-refractivity contribution is 5.92. The molecule has 0 saturated carbocycles. The van der Waals surface area contributed by atoms with Crippen LogP contribution in [0.1, 0.15) is 28.6 Å². The molecular weight excluding hydrogens is 411 g/mol. The number of anilines is 2. The largest absolute Gasteiger partial charge is 0.459 e. The minimum absolute atomic E-state index is 0.218. The molecule has 0 unspecified atom stereocenters. The van der Waals surface area contributed by atoms with E-state index in [2.05, 4.69) is 10.6 Å². The van der Waals surface area contributed by atoms with E-state index in [1.165, 1.54) is 18.4 Å². The van der Waals surface area contributed by atoms with E-state index in [1.807, 2.05) is 44.1 Å². The summed E-state index contributed by atoms with van der Waals surface area (Å²) < 4.78 is 18.7. The number of hydrogen-bond donors (Lipinski definition) is 2. The lowest BCUT2D eigenvalue weighted by molar-refractivity contribution is 0.0698. The van der Waals surface area contributed by atoms with Crippen molar-refractivity contribution in [2.45, 2.75) is 20.0 Å². The Morgan fingerprint density at radius 3 is 2.41 bits per heavy atom. The van der Waals surface area contributed by atoms with Crippen LogP contribution in [0.5, 0.6) is 0 Å². The Morgan fingerprint density at radius 2 is 1.78 bits per heavy atom. The summed E-state index contributed by atoms with van der Waals surface area (Å²) in [7, 11) is 3.82. The standard InChI is InChI=1S/C24H27FN4O3/c1-4-26-24(31)27-20-11-12-21(28(2)3)18(14-20)16-29(23(30)22-6-5-13-32-22)15-17-7-9-19(25)10-8-17/h5-14H,4,15-16H2,1-3H3,(H2,26,27,31). The lowest BCUT2D eigenvalue weighted by Crippen LogP contribution is -2.31. The fourth-order valence-corrected chi connectivity index (χ4v) is 3.33. The molecule has 2 N–H and O–H groups in total. The van der Waals surface area contributed by atoms with Crippen LogP contribution in [0.2, 0.25) is 0 Å². The van der Waals surface area contributed by atoms with E-state index in [-0.39, 0.29) is 36.6 Å². The maximum absolute atomic E-state index is 13.4. The average Bonchev–Trinajstić information content (AvgIpc) is 3.29. The molecule has 0 atom stereocenters. The number of furan rings is 1. The van der Waals surface area contributed by atoms with Crippen LogP contribution < -0.4 is 15.5 Å². The molecule has 0 saturated heterocycles. The molecule has 0 spiro atoms. The van der Waals surface area contributed by atoms with Crippen LogP contribution in [0.3, 0.4) is 0 Å². The van der Waals surface area contributed by atoms with Crippen molar-refractivity contribution in [2.75, 3.05) is 30.9 Å². The molecule has 3 rings (SSSR count). The summed E-state index contributed by atoms with van der Waals surface area (Å²) >= 11 is 0. The highest BCUT2D eigenvalue weighted by Gasteiger charge is 2.21. The number of urea groups is 1. The Kier molecular flexibility index (Phi) is 7.49. The molecular formula is C24H27FN4O3. The van der Waals surface area contributed by atoms with Crippen molar-refractivity contribution in [3.63, 3.8) is 0 Å². The Morgan fingerprint density at radius 1 is 1.03 bits per heavy atom. The van der Waals surface area contributed by atoms with Gasteiger partial charge in [0, 0.05) is 45.1 Å². The maximum Gasteiger partial charge on any atom is 0.319 e. The molecule has 32 heavy (non-hydrogen) atoms. The minimum Gasteiger partial charge on any atom is -0.459 e. The van der Waals surface area contributed by atoms with E-state index < -0.39 is 0 Å². The predicted molar refractivity (Wildman–Crippen MR) is 122 cm³/mol. The van der Waals surface area contributed by atoms with Crippen LogP contribution in [-0.4, -0.2) is 37.5 Å². The van der Waals surface area contributed by atoms with Crippen molar-refractivity contribution in [2.24, 2.45) is 0 Å². The molecule has 3 aromatic rings. The molecule has 0 aliphatic heterocycles. The zero-order valence-corrected chi connectivity index (χ0v) is 18.4. The zero-order chi connectivity index (χ0) is 23.1. The molecule has 1 heterocycles. The van der Waals surface area contributed by atoms with Crippen molar-refractivity contribution >= 4 is 23.3 Å². The molecule has 8 heteroatoms. The van der Waals surface area contributed by atoms with Gasteiger partial charge in [-0.2, -0.15) is 0 Å². The second kappa shape index (κ2) is 10.5. The molecule has 0 radical (unpaired) electrons. The van der Waals surface area contributed by atoms with Crippen LogP contribution in [0.4, 0.5) is 20.6 Å². The van der Waals surface area contributed by atoms with Gasteiger partial charge in [0.15, 0.2) is 5.76 Å². The number of halogens is 1. The van der Waals surface area contributed by atoms with E-state index in [1.54, 1.807) is 29.2 Å². The second-order valence-corrected chi connectivity index (χ2v) is 7.49. The Balaban J connectivity index is 1.93. The number of amides is 3. The Hall–Kier alpha value is -3.81. The molecule has 0 fully saturated rings. The lowest BCUT2D eigenvalue weighted by Gasteiger charge is -2.26. The van der Waals surface area contributed by atoms with Gasteiger partial charge < -0.3 is 24.9 Å². The summed E-state index contributed by atoms with van der Waals surface area (Å²) in [6.07, 6.45) is 1.45. The van der Waals surface area contributed by atoms with Crippen LogP contribution in [-0.2, 0) is 13.1 Å². The second-order valence-electron chi connectivity index (χ2n) is 7.49. The molecule has 0 aliphatic rings. The van der Waals surface area contributed by atoms with Crippen LogP contribution >= 0.6 is 0 Å². The molecule has 2 aromatic carbocycles. The van der Waals surface area contributed by atoms with Gasteiger partial charge in [0.25, 0.3) is 5.91 Å². The quantitative estimate of drug-likeness (QED) is 0.544. The summed E-state index contributed by atoms with van der Waals surface area (Å²) in [4.78, 5) is 28.7. The monoisotopic (exact) mass is 438 g/mol. The highest BCUT2D eigenvalue weighted by Crippen LogP contribution is 2.26. The van der Waals surface area contributed by atoms with Gasteiger partial charge in [-0.3, -0.25) is 4.79 Å². The van der Waals surface area contributed by atoms with Gasteiger partial charge >= 0.3 is 6.03 Å². The Labute approximate surface area is 186 Å². The molecule has 7 nitrogen and oxygen atoms in total. The number of carbonyl (C=O) groups is 2. The third kappa shape index (κ3) is 5.87. The van der Waals surface area contributed by atoms with Gasteiger partial charge in [0.1, 0.15) is 5.82 Å². The van der Waals surface area contributed by atoms with Gasteiger partial charge in [-0.05, 0) is 60.5 Å². The van der Waals surface area contributed by atoms with Crippen molar-refractivity contribution in [3.05, 3.63) is 83.6 Å². The van der Waals surface area contributed by atoms with Crippen molar-refractivity contribution in [3.8, 4) is 0 Å². The average molecular weight is 439 g/mol. The molecule has 3 amide bonds. The number of nitrogens with zero attached hydrogens (tertiary/aromatic N) is 2. The van der Waals surface area contributed by atoms with E-state index in [0.717, 1.165) is 16.8 Å². The molecule has 1 aromatic heterocycles. The summed E-state index contributed by atoms with van der Waals surface area (Å²) in [5, 5.41) is 5.50. The van der Waals surface area contributed by atoms with Gasteiger partial charge in [-0.25, -0.2) is 9.18 Å².